The molecular formula is C23H28N2O2S. The van der Waals surface area contributed by atoms with Crippen molar-refractivity contribution in [2.45, 2.75) is 50.8 Å². The van der Waals surface area contributed by atoms with Gasteiger partial charge in [-0.1, -0.05) is 25.3 Å². The minimum atomic E-state index is -0.0234. The van der Waals surface area contributed by atoms with Gasteiger partial charge in [0.15, 0.2) is 0 Å². The van der Waals surface area contributed by atoms with Gasteiger partial charge in [0.05, 0.1) is 5.75 Å². The lowest BCUT2D eigenvalue weighted by atomic mass is 9.88. The number of hydrogen-bond donors (Lipinski definition) is 2. The largest absolute Gasteiger partial charge is 0.326 e. The van der Waals surface area contributed by atoms with Gasteiger partial charge in [-0.25, -0.2) is 0 Å². The van der Waals surface area contributed by atoms with E-state index >= 15 is 0 Å². The Labute approximate surface area is 171 Å². The molecule has 1 aliphatic carbocycles. The third-order valence-electron chi connectivity index (χ3n) is 4.97. The Morgan fingerprint density at radius 2 is 1.54 bits per heavy atom. The van der Waals surface area contributed by atoms with Gasteiger partial charge in [-0.3, -0.25) is 9.59 Å². The molecule has 0 radical (unpaired) electrons. The lowest BCUT2D eigenvalue weighted by molar-refractivity contribution is -0.120. The van der Waals surface area contributed by atoms with Crippen molar-refractivity contribution < 1.29 is 9.59 Å². The molecule has 5 heteroatoms. The van der Waals surface area contributed by atoms with Crippen LogP contribution in [0.15, 0.2) is 47.4 Å². The monoisotopic (exact) mass is 396 g/mol. The quantitative estimate of drug-likeness (QED) is 0.629. The lowest BCUT2D eigenvalue weighted by Gasteiger charge is -2.20. The average Bonchev–Trinajstić information content (AvgIpc) is 2.67. The number of nitrogens with one attached hydrogen (secondary N) is 2. The van der Waals surface area contributed by atoms with Crippen molar-refractivity contribution in [1.82, 2.24) is 0 Å². The van der Waals surface area contributed by atoms with Gasteiger partial charge in [-0.05, 0) is 74.2 Å². The maximum Gasteiger partial charge on any atom is 0.234 e. The molecule has 0 aliphatic heterocycles. The molecule has 0 atom stereocenters. The fourth-order valence-corrected chi connectivity index (χ4v) is 4.33. The molecule has 2 aromatic carbocycles. The second-order valence-electron chi connectivity index (χ2n) is 7.56. The number of carbonyl (C=O) groups excluding carboxylic acids is 2. The first-order valence-corrected chi connectivity index (χ1v) is 10.9. The average molecular weight is 397 g/mol. The van der Waals surface area contributed by atoms with E-state index < -0.39 is 0 Å². The van der Waals surface area contributed by atoms with Crippen LogP contribution in [-0.2, 0) is 9.59 Å². The second-order valence-corrected chi connectivity index (χ2v) is 8.61. The molecule has 0 aromatic heterocycles. The molecule has 3 rings (SSSR count). The summed E-state index contributed by atoms with van der Waals surface area (Å²) in [6.45, 7) is 4.04. The van der Waals surface area contributed by atoms with Crippen molar-refractivity contribution in [1.29, 1.82) is 0 Å². The highest BCUT2D eigenvalue weighted by Gasteiger charge is 2.20. The number of anilines is 2. The summed E-state index contributed by atoms with van der Waals surface area (Å²) in [5.41, 5.74) is 3.92. The number of amides is 2. The van der Waals surface area contributed by atoms with Crippen molar-refractivity contribution in [2.24, 2.45) is 5.92 Å². The Kier molecular flexibility index (Phi) is 7.15. The fourth-order valence-electron chi connectivity index (χ4n) is 3.64. The smallest absolute Gasteiger partial charge is 0.234 e. The van der Waals surface area contributed by atoms with Crippen LogP contribution in [0.3, 0.4) is 0 Å². The number of carbonyl (C=O) groups is 2. The van der Waals surface area contributed by atoms with Crippen LogP contribution in [-0.4, -0.2) is 17.6 Å². The van der Waals surface area contributed by atoms with Crippen LogP contribution in [0.25, 0.3) is 0 Å². The highest BCUT2D eigenvalue weighted by atomic mass is 32.2. The summed E-state index contributed by atoms with van der Waals surface area (Å²) in [5.74, 6) is 0.607. The third-order valence-corrected chi connectivity index (χ3v) is 5.99. The number of aryl methyl sites for hydroxylation is 2. The summed E-state index contributed by atoms with van der Waals surface area (Å²) in [4.78, 5) is 25.5. The first-order valence-electron chi connectivity index (χ1n) is 9.91. The highest BCUT2D eigenvalue weighted by Crippen LogP contribution is 2.26. The van der Waals surface area contributed by atoms with Crippen molar-refractivity contribution in [3.05, 3.63) is 53.6 Å². The van der Waals surface area contributed by atoms with Crippen LogP contribution < -0.4 is 10.6 Å². The normalized spacial score (nSPS) is 14.5. The first-order chi connectivity index (χ1) is 13.5. The summed E-state index contributed by atoms with van der Waals surface area (Å²) in [7, 11) is 0. The number of hydrogen-bond acceptors (Lipinski definition) is 3. The number of thioether (sulfide) groups is 1. The van der Waals surface area contributed by atoms with Gasteiger partial charge in [-0.2, -0.15) is 0 Å². The minimum Gasteiger partial charge on any atom is -0.326 e. The van der Waals surface area contributed by atoms with E-state index in [1.54, 1.807) is 0 Å². The SMILES string of the molecule is Cc1cc(C)cc(NC(=O)CSc2ccc(NC(=O)C3CCCCC3)cc2)c1. The van der Waals surface area contributed by atoms with Crippen LogP contribution in [0, 0.1) is 19.8 Å². The predicted molar refractivity (Wildman–Crippen MR) is 117 cm³/mol. The van der Waals surface area contributed by atoms with Gasteiger partial charge in [0.2, 0.25) is 11.8 Å². The van der Waals surface area contributed by atoms with Gasteiger partial charge in [0.25, 0.3) is 0 Å². The van der Waals surface area contributed by atoms with Gasteiger partial charge in [0.1, 0.15) is 0 Å². The van der Waals surface area contributed by atoms with Crippen LogP contribution in [0.5, 0.6) is 0 Å². The molecule has 0 bridgehead atoms. The van der Waals surface area contributed by atoms with Crippen molar-refractivity contribution in [3.8, 4) is 0 Å². The Bertz CT molecular complexity index is 807. The van der Waals surface area contributed by atoms with Crippen LogP contribution in [0.1, 0.15) is 43.2 Å². The summed E-state index contributed by atoms with van der Waals surface area (Å²) in [6, 6.07) is 13.7. The van der Waals surface area contributed by atoms with Crippen molar-refractivity contribution >= 4 is 35.0 Å². The van der Waals surface area contributed by atoms with Gasteiger partial charge in [0, 0.05) is 22.2 Å². The molecule has 1 fully saturated rings. The highest BCUT2D eigenvalue weighted by molar-refractivity contribution is 8.00. The van der Waals surface area contributed by atoms with E-state index in [4.69, 9.17) is 0 Å². The number of rotatable bonds is 6. The molecule has 2 aromatic rings. The molecule has 0 spiro atoms. The summed E-state index contributed by atoms with van der Waals surface area (Å²) < 4.78 is 0. The summed E-state index contributed by atoms with van der Waals surface area (Å²) in [6.07, 6.45) is 5.53. The molecule has 0 saturated heterocycles. The molecule has 2 amide bonds. The molecule has 0 heterocycles. The van der Waals surface area contributed by atoms with E-state index in [0.29, 0.717) is 5.75 Å². The van der Waals surface area contributed by atoms with E-state index in [-0.39, 0.29) is 17.7 Å². The third kappa shape index (κ3) is 6.13. The fraction of sp³-hybridized carbons (Fsp3) is 0.391. The van der Waals surface area contributed by atoms with E-state index in [0.717, 1.165) is 53.1 Å². The molecule has 4 nitrogen and oxygen atoms in total. The van der Waals surface area contributed by atoms with Crippen LogP contribution in [0.2, 0.25) is 0 Å². The Hall–Kier alpha value is -2.27. The standard InChI is InChI=1S/C23H28N2O2S/c1-16-12-17(2)14-20(13-16)24-22(26)15-28-21-10-8-19(9-11-21)25-23(27)18-6-4-3-5-7-18/h8-14,18H,3-7,15H2,1-2H3,(H,24,26)(H,25,27). The van der Waals surface area contributed by atoms with Crippen LogP contribution in [0.4, 0.5) is 11.4 Å². The second kappa shape index (κ2) is 9.78. The molecular weight excluding hydrogens is 368 g/mol. The molecule has 0 unspecified atom stereocenters. The Morgan fingerprint density at radius 3 is 2.18 bits per heavy atom. The van der Waals surface area contributed by atoms with E-state index in [1.807, 2.05) is 50.2 Å². The zero-order valence-corrected chi connectivity index (χ0v) is 17.4. The zero-order valence-electron chi connectivity index (χ0n) is 16.6. The van der Waals surface area contributed by atoms with Gasteiger partial charge in [-0.15, -0.1) is 11.8 Å². The lowest BCUT2D eigenvalue weighted by Crippen LogP contribution is -2.24. The number of benzene rings is 2. The predicted octanol–water partition coefficient (Wildman–Crippen LogP) is 5.55. The van der Waals surface area contributed by atoms with E-state index in [9.17, 15) is 9.59 Å². The maximum absolute atomic E-state index is 12.3. The topological polar surface area (TPSA) is 58.2 Å². The minimum absolute atomic E-state index is 0.0234. The maximum atomic E-state index is 12.3. The molecule has 28 heavy (non-hydrogen) atoms. The Morgan fingerprint density at radius 1 is 0.893 bits per heavy atom. The molecule has 148 valence electrons. The van der Waals surface area contributed by atoms with Crippen LogP contribution >= 0.6 is 11.8 Å². The van der Waals surface area contributed by atoms with E-state index in [1.165, 1.54) is 18.2 Å². The molecule has 1 saturated carbocycles. The Balaban J connectivity index is 1.47. The molecule has 1 aliphatic rings. The van der Waals surface area contributed by atoms with Crippen molar-refractivity contribution in [2.75, 3.05) is 16.4 Å². The summed E-state index contributed by atoms with van der Waals surface area (Å²) in [5, 5.41) is 5.97. The molecule has 2 N–H and O–H groups in total. The van der Waals surface area contributed by atoms with E-state index in [2.05, 4.69) is 16.7 Å². The summed E-state index contributed by atoms with van der Waals surface area (Å²) >= 11 is 1.49. The van der Waals surface area contributed by atoms with Gasteiger partial charge >= 0.3 is 0 Å². The first kappa shape index (κ1) is 20.5. The van der Waals surface area contributed by atoms with Crippen molar-refractivity contribution in [3.63, 3.8) is 0 Å². The van der Waals surface area contributed by atoms with Gasteiger partial charge < -0.3 is 10.6 Å². The zero-order chi connectivity index (χ0) is 19.9.